The van der Waals surface area contributed by atoms with E-state index in [9.17, 15) is 9.90 Å². The van der Waals surface area contributed by atoms with Crippen molar-refractivity contribution in [3.8, 4) is 11.5 Å². The quantitative estimate of drug-likeness (QED) is 0.438. The van der Waals surface area contributed by atoms with Crippen LogP contribution in [0.25, 0.3) is 0 Å². The van der Waals surface area contributed by atoms with Gasteiger partial charge in [-0.3, -0.25) is 4.79 Å². The Labute approximate surface area is 105 Å². The van der Waals surface area contributed by atoms with E-state index in [-0.39, 0.29) is 23.8 Å². The predicted octanol–water partition coefficient (Wildman–Crippen LogP) is 2.39. The number of rotatable bonds is 4. The zero-order chi connectivity index (χ0) is 13.0. The number of hydrogen-bond acceptors (Lipinski definition) is 4. The van der Waals surface area contributed by atoms with E-state index in [0.29, 0.717) is 11.3 Å². The normalized spacial score (nSPS) is 10.0. The van der Waals surface area contributed by atoms with Gasteiger partial charge in [0.25, 0.3) is 0 Å². The summed E-state index contributed by atoms with van der Waals surface area (Å²) in [7, 11) is 0. The Morgan fingerprint density at radius 2 is 1.72 bits per heavy atom. The van der Waals surface area contributed by atoms with Gasteiger partial charge < -0.3 is 15.5 Å². The van der Waals surface area contributed by atoms with Crippen molar-refractivity contribution in [1.82, 2.24) is 0 Å². The van der Waals surface area contributed by atoms with E-state index in [2.05, 4.69) is 5.32 Å². The van der Waals surface area contributed by atoms with E-state index < -0.39 is 0 Å². The molecule has 0 aliphatic carbocycles. The summed E-state index contributed by atoms with van der Waals surface area (Å²) < 4.78 is 0. The summed E-state index contributed by atoms with van der Waals surface area (Å²) in [6, 6.07) is 13.3. The summed E-state index contributed by atoms with van der Waals surface area (Å²) in [5, 5.41) is 21.4. The van der Waals surface area contributed by atoms with Gasteiger partial charge in [-0.15, -0.1) is 0 Å². The number of carbonyl (C=O) groups excluding carboxylic acids is 1. The number of Topliss-reactive ketones (excluding diaryl/α,β-unsaturated/α-hetero) is 1. The minimum atomic E-state index is -0.216. The van der Waals surface area contributed by atoms with Gasteiger partial charge in [-0.1, -0.05) is 30.3 Å². The first-order valence-corrected chi connectivity index (χ1v) is 5.51. The number of nitrogens with one attached hydrogen (secondary N) is 1. The van der Waals surface area contributed by atoms with Crippen molar-refractivity contribution in [2.75, 3.05) is 11.9 Å². The maximum atomic E-state index is 11.8. The highest BCUT2D eigenvalue weighted by Crippen LogP contribution is 2.27. The lowest BCUT2D eigenvalue weighted by Crippen LogP contribution is -2.13. The molecule has 0 bridgehead atoms. The van der Waals surface area contributed by atoms with Crippen molar-refractivity contribution in [3.05, 3.63) is 54.1 Å². The van der Waals surface area contributed by atoms with E-state index in [1.54, 1.807) is 30.3 Å². The maximum Gasteiger partial charge on any atom is 0.181 e. The molecule has 0 amide bonds. The van der Waals surface area contributed by atoms with Gasteiger partial charge in [0, 0.05) is 17.3 Å². The van der Waals surface area contributed by atoms with E-state index in [1.165, 1.54) is 12.1 Å². The minimum Gasteiger partial charge on any atom is -0.504 e. The minimum absolute atomic E-state index is 0.0387. The molecule has 4 nitrogen and oxygen atoms in total. The number of hydrogen-bond donors (Lipinski definition) is 3. The van der Waals surface area contributed by atoms with Gasteiger partial charge in [-0.25, -0.2) is 0 Å². The summed E-state index contributed by atoms with van der Waals surface area (Å²) in [6.07, 6.45) is 0. The van der Waals surface area contributed by atoms with Crippen LogP contribution in [0.5, 0.6) is 11.5 Å². The van der Waals surface area contributed by atoms with Crippen molar-refractivity contribution in [2.45, 2.75) is 0 Å². The third kappa shape index (κ3) is 2.79. The average Bonchev–Trinajstić information content (AvgIpc) is 2.41. The van der Waals surface area contributed by atoms with Gasteiger partial charge in [0.05, 0.1) is 6.54 Å². The molecule has 0 heterocycles. The largest absolute Gasteiger partial charge is 0.504 e. The molecule has 0 aliphatic rings. The first kappa shape index (κ1) is 12.0. The number of carbonyl (C=O) groups is 1. The molecule has 18 heavy (non-hydrogen) atoms. The summed E-state index contributed by atoms with van der Waals surface area (Å²) in [6.45, 7) is 0.133. The van der Waals surface area contributed by atoms with Crippen LogP contribution in [0, 0.1) is 0 Å². The average molecular weight is 243 g/mol. The summed E-state index contributed by atoms with van der Waals surface area (Å²) in [4.78, 5) is 11.8. The SMILES string of the molecule is O=C(CNc1ccc(O)c(O)c1)c1ccccc1. The van der Waals surface area contributed by atoms with Crippen molar-refractivity contribution in [3.63, 3.8) is 0 Å². The van der Waals surface area contributed by atoms with E-state index >= 15 is 0 Å². The molecule has 2 aromatic rings. The fourth-order valence-electron chi connectivity index (χ4n) is 1.54. The molecular weight excluding hydrogens is 230 g/mol. The van der Waals surface area contributed by atoms with Crippen molar-refractivity contribution >= 4 is 11.5 Å². The lowest BCUT2D eigenvalue weighted by molar-refractivity contribution is 0.101. The number of phenols is 2. The Morgan fingerprint density at radius 1 is 1.00 bits per heavy atom. The molecule has 0 saturated heterocycles. The van der Waals surface area contributed by atoms with Crippen LogP contribution in [-0.4, -0.2) is 22.5 Å². The van der Waals surface area contributed by atoms with Crippen LogP contribution in [0.1, 0.15) is 10.4 Å². The molecule has 0 unspecified atom stereocenters. The van der Waals surface area contributed by atoms with Crippen LogP contribution < -0.4 is 5.32 Å². The van der Waals surface area contributed by atoms with Crippen LogP contribution in [0.4, 0.5) is 5.69 Å². The number of ketones is 1. The third-order valence-corrected chi connectivity index (χ3v) is 2.52. The van der Waals surface area contributed by atoms with E-state index in [4.69, 9.17) is 5.11 Å². The molecule has 0 radical (unpaired) electrons. The van der Waals surface area contributed by atoms with Crippen molar-refractivity contribution in [1.29, 1.82) is 0 Å². The Bertz CT molecular complexity index is 552. The second-order valence-electron chi connectivity index (χ2n) is 3.85. The highest BCUT2D eigenvalue weighted by atomic mass is 16.3. The Balaban J connectivity index is 1.99. The van der Waals surface area contributed by atoms with E-state index in [0.717, 1.165) is 0 Å². The van der Waals surface area contributed by atoms with E-state index in [1.807, 2.05) is 6.07 Å². The van der Waals surface area contributed by atoms with Gasteiger partial charge in [-0.05, 0) is 12.1 Å². The molecule has 0 fully saturated rings. The van der Waals surface area contributed by atoms with Gasteiger partial charge in [-0.2, -0.15) is 0 Å². The number of anilines is 1. The van der Waals surface area contributed by atoms with Gasteiger partial charge in [0.1, 0.15) is 0 Å². The lowest BCUT2D eigenvalue weighted by atomic mass is 10.1. The fraction of sp³-hybridized carbons (Fsp3) is 0.0714. The highest BCUT2D eigenvalue weighted by Gasteiger charge is 2.05. The molecule has 0 atom stereocenters. The molecule has 0 saturated carbocycles. The molecule has 0 aliphatic heterocycles. The van der Waals surface area contributed by atoms with Gasteiger partial charge in [0.15, 0.2) is 17.3 Å². The summed E-state index contributed by atoms with van der Waals surface area (Å²) in [5.41, 5.74) is 1.21. The molecule has 4 heteroatoms. The Hall–Kier alpha value is -2.49. The smallest absolute Gasteiger partial charge is 0.181 e. The third-order valence-electron chi connectivity index (χ3n) is 2.52. The molecule has 2 aromatic carbocycles. The van der Waals surface area contributed by atoms with Crippen molar-refractivity contribution in [2.24, 2.45) is 0 Å². The topological polar surface area (TPSA) is 69.6 Å². The summed E-state index contributed by atoms with van der Waals surface area (Å²) >= 11 is 0. The predicted molar refractivity (Wildman–Crippen MR) is 69.0 cm³/mol. The Kier molecular flexibility index (Phi) is 3.48. The van der Waals surface area contributed by atoms with Gasteiger partial charge in [0.2, 0.25) is 0 Å². The van der Waals surface area contributed by atoms with Crippen LogP contribution in [0.15, 0.2) is 48.5 Å². The monoisotopic (exact) mass is 243 g/mol. The molecule has 2 rings (SSSR count). The van der Waals surface area contributed by atoms with Crippen LogP contribution >= 0.6 is 0 Å². The number of benzene rings is 2. The molecule has 0 aromatic heterocycles. The number of aromatic hydroxyl groups is 2. The summed E-state index contributed by atoms with van der Waals surface area (Å²) in [5.74, 6) is -0.440. The highest BCUT2D eigenvalue weighted by molar-refractivity contribution is 5.98. The van der Waals surface area contributed by atoms with Crippen LogP contribution in [0.2, 0.25) is 0 Å². The molecule has 3 N–H and O–H groups in total. The van der Waals surface area contributed by atoms with Crippen molar-refractivity contribution < 1.29 is 15.0 Å². The standard InChI is InChI=1S/C14H13NO3/c16-12-7-6-11(8-13(12)17)15-9-14(18)10-4-2-1-3-5-10/h1-8,15-17H,9H2. The maximum absolute atomic E-state index is 11.8. The van der Waals surface area contributed by atoms with Gasteiger partial charge >= 0.3 is 0 Å². The second kappa shape index (κ2) is 5.23. The molecular formula is C14H13NO3. The van der Waals surface area contributed by atoms with Crippen LogP contribution in [-0.2, 0) is 0 Å². The number of phenolic OH excluding ortho intramolecular Hbond substituents is 2. The zero-order valence-electron chi connectivity index (χ0n) is 9.63. The fourth-order valence-corrected chi connectivity index (χ4v) is 1.54. The molecule has 92 valence electrons. The molecule has 0 spiro atoms. The second-order valence-corrected chi connectivity index (χ2v) is 3.85. The first-order chi connectivity index (χ1) is 8.66. The van der Waals surface area contributed by atoms with Crippen LogP contribution in [0.3, 0.4) is 0 Å². The Morgan fingerprint density at radius 3 is 2.39 bits per heavy atom. The zero-order valence-corrected chi connectivity index (χ0v) is 9.63. The lowest BCUT2D eigenvalue weighted by Gasteiger charge is -2.07. The first-order valence-electron chi connectivity index (χ1n) is 5.51.